The Kier molecular flexibility index (Phi) is 8.17. The van der Waals surface area contributed by atoms with Crippen molar-refractivity contribution >= 4 is 12.2 Å². The molecule has 4 heterocycles. The highest BCUT2D eigenvalue weighted by molar-refractivity contribution is 5.48. The molecule has 32 heavy (non-hydrogen) atoms. The van der Waals surface area contributed by atoms with Crippen LogP contribution in [0.1, 0.15) is 83.6 Å². The fourth-order valence-electron chi connectivity index (χ4n) is 5.85. The average molecular weight is 442 g/mol. The molecule has 5 rings (SSSR count). The molecule has 2 unspecified atom stereocenters. The fourth-order valence-corrected chi connectivity index (χ4v) is 5.85. The lowest BCUT2D eigenvalue weighted by atomic mass is 9.84. The third-order valence-electron chi connectivity index (χ3n) is 8.10. The topological polar surface area (TPSA) is 52.6 Å². The lowest BCUT2D eigenvalue weighted by molar-refractivity contribution is -0.107. The highest BCUT2D eigenvalue weighted by Gasteiger charge is 2.41. The van der Waals surface area contributed by atoms with E-state index in [1.807, 2.05) is 6.92 Å². The van der Waals surface area contributed by atoms with Crippen molar-refractivity contribution < 1.29 is 4.79 Å². The van der Waals surface area contributed by atoms with Crippen molar-refractivity contribution in [2.75, 3.05) is 37.6 Å². The number of hydrogen-bond acceptors (Lipinski definition) is 6. The standard InChI is InChI=1S/C23H37N5.C3H6O/c1-17(2)27-15-21-6-7-22(16-27)28(21)23-24-12-20(13-25-23)19-8-10-26(11-9-19)14-18-4-3-5-18;1-2-3-4/h12-13,17-19,21-22H,3-11,14-16H2,1-2H3;3H,2H2,1H3. The number of rotatable bonds is 6. The fraction of sp³-hybridized carbons (Fsp3) is 0.808. The van der Waals surface area contributed by atoms with Crippen LogP contribution in [0.4, 0.5) is 5.95 Å². The Hall–Kier alpha value is -1.53. The number of aromatic nitrogens is 2. The van der Waals surface area contributed by atoms with Crippen LogP contribution in [-0.4, -0.2) is 76.9 Å². The van der Waals surface area contributed by atoms with Gasteiger partial charge in [0.05, 0.1) is 0 Å². The molecule has 1 saturated carbocycles. The molecule has 0 amide bonds. The van der Waals surface area contributed by atoms with Crippen LogP contribution in [0.5, 0.6) is 0 Å². The SMILES string of the molecule is CC(C)N1CC2CCC(C1)N2c1ncc(C2CCN(CC3CCC3)CC2)cn1.CCC=O. The van der Waals surface area contributed by atoms with Crippen molar-refractivity contribution in [3.8, 4) is 0 Å². The molecular formula is C26H43N5O. The highest BCUT2D eigenvalue weighted by atomic mass is 16.1. The highest BCUT2D eigenvalue weighted by Crippen LogP contribution is 2.35. The molecule has 1 aromatic heterocycles. The van der Waals surface area contributed by atoms with Crippen LogP contribution < -0.4 is 4.90 Å². The van der Waals surface area contributed by atoms with E-state index in [0.29, 0.717) is 30.5 Å². The van der Waals surface area contributed by atoms with Crippen molar-refractivity contribution in [3.63, 3.8) is 0 Å². The number of anilines is 1. The third-order valence-corrected chi connectivity index (χ3v) is 8.10. The lowest BCUT2D eigenvalue weighted by Gasteiger charge is -2.42. The molecule has 4 fully saturated rings. The monoisotopic (exact) mass is 441 g/mol. The molecule has 2 bridgehead atoms. The molecule has 4 aliphatic rings. The van der Waals surface area contributed by atoms with Crippen LogP contribution in [0.3, 0.4) is 0 Å². The Balaban J connectivity index is 0.000000567. The molecular weight excluding hydrogens is 398 g/mol. The van der Waals surface area contributed by atoms with Crippen LogP contribution in [0.15, 0.2) is 12.4 Å². The second-order valence-corrected chi connectivity index (χ2v) is 10.6. The average Bonchev–Trinajstić information content (AvgIpc) is 3.05. The van der Waals surface area contributed by atoms with Crippen LogP contribution in [0.25, 0.3) is 0 Å². The van der Waals surface area contributed by atoms with Gasteiger partial charge in [0, 0.05) is 56.6 Å². The van der Waals surface area contributed by atoms with E-state index in [4.69, 9.17) is 9.97 Å². The number of hydrogen-bond donors (Lipinski definition) is 0. The van der Waals surface area contributed by atoms with Gasteiger partial charge in [0.2, 0.25) is 5.95 Å². The van der Waals surface area contributed by atoms with E-state index >= 15 is 0 Å². The number of carbonyl (C=O) groups excluding carboxylic acids is 1. The first-order valence-corrected chi connectivity index (χ1v) is 13.1. The van der Waals surface area contributed by atoms with Crippen molar-refractivity contribution in [1.29, 1.82) is 0 Å². The Labute approximate surface area is 194 Å². The minimum atomic E-state index is 0.599. The second-order valence-electron chi connectivity index (χ2n) is 10.6. The number of nitrogens with zero attached hydrogens (tertiary/aromatic N) is 5. The Morgan fingerprint density at radius 2 is 1.59 bits per heavy atom. The summed E-state index contributed by atoms with van der Waals surface area (Å²) in [5.74, 6) is 2.62. The van der Waals surface area contributed by atoms with Gasteiger partial charge in [0.25, 0.3) is 0 Å². The number of piperazine rings is 1. The summed E-state index contributed by atoms with van der Waals surface area (Å²) in [4.78, 5) is 26.8. The molecule has 3 saturated heterocycles. The lowest BCUT2D eigenvalue weighted by Crippen LogP contribution is -2.56. The van der Waals surface area contributed by atoms with E-state index in [0.717, 1.165) is 18.2 Å². The molecule has 0 radical (unpaired) electrons. The van der Waals surface area contributed by atoms with Gasteiger partial charge in [-0.25, -0.2) is 9.97 Å². The van der Waals surface area contributed by atoms with Gasteiger partial charge >= 0.3 is 0 Å². The Bertz CT molecular complexity index is 697. The smallest absolute Gasteiger partial charge is 0.225 e. The van der Waals surface area contributed by atoms with E-state index < -0.39 is 0 Å². The molecule has 178 valence electrons. The zero-order chi connectivity index (χ0) is 22.5. The predicted octanol–water partition coefficient (Wildman–Crippen LogP) is 4.11. The predicted molar refractivity (Wildman–Crippen MR) is 130 cm³/mol. The van der Waals surface area contributed by atoms with E-state index in [2.05, 4.69) is 40.9 Å². The first-order valence-electron chi connectivity index (χ1n) is 13.1. The summed E-state index contributed by atoms with van der Waals surface area (Å²) in [5.41, 5.74) is 1.36. The van der Waals surface area contributed by atoms with Gasteiger partial charge in [-0.2, -0.15) is 0 Å². The first-order chi connectivity index (χ1) is 15.6. The van der Waals surface area contributed by atoms with Gasteiger partial charge in [-0.15, -0.1) is 0 Å². The number of likely N-dealkylation sites (tertiary alicyclic amines) is 2. The zero-order valence-electron chi connectivity index (χ0n) is 20.5. The van der Waals surface area contributed by atoms with E-state index in [1.54, 1.807) is 0 Å². The summed E-state index contributed by atoms with van der Waals surface area (Å²) >= 11 is 0. The van der Waals surface area contributed by atoms with Crippen LogP contribution in [0.2, 0.25) is 0 Å². The van der Waals surface area contributed by atoms with Crippen molar-refractivity contribution in [1.82, 2.24) is 19.8 Å². The summed E-state index contributed by atoms with van der Waals surface area (Å²) < 4.78 is 0. The minimum absolute atomic E-state index is 0.599. The normalized spacial score (nSPS) is 27.2. The van der Waals surface area contributed by atoms with Gasteiger partial charge in [0.15, 0.2) is 0 Å². The maximum atomic E-state index is 9.17. The molecule has 3 aliphatic heterocycles. The van der Waals surface area contributed by atoms with Gasteiger partial charge in [-0.05, 0) is 82.9 Å². The molecule has 1 aromatic rings. The maximum absolute atomic E-state index is 9.17. The van der Waals surface area contributed by atoms with Crippen LogP contribution in [-0.2, 0) is 4.79 Å². The van der Waals surface area contributed by atoms with Crippen molar-refractivity contribution in [3.05, 3.63) is 18.0 Å². The third kappa shape index (κ3) is 5.51. The Morgan fingerprint density at radius 3 is 2.06 bits per heavy atom. The number of fused-ring (bicyclic) bond motifs is 2. The molecule has 1 aliphatic carbocycles. The van der Waals surface area contributed by atoms with Gasteiger partial charge < -0.3 is 14.6 Å². The first kappa shape index (κ1) is 23.6. The van der Waals surface area contributed by atoms with Gasteiger partial charge in [0.1, 0.15) is 6.29 Å². The summed E-state index contributed by atoms with van der Waals surface area (Å²) in [6, 6.07) is 1.84. The molecule has 0 N–H and O–H groups in total. The number of piperidine rings is 1. The Morgan fingerprint density at radius 1 is 1.00 bits per heavy atom. The van der Waals surface area contributed by atoms with Gasteiger partial charge in [-0.3, -0.25) is 4.90 Å². The van der Waals surface area contributed by atoms with Crippen molar-refractivity contribution in [2.24, 2.45) is 5.92 Å². The van der Waals surface area contributed by atoms with Crippen molar-refractivity contribution in [2.45, 2.75) is 96.2 Å². The maximum Gasteiger partial charge on any atom is 0.225 e. The molecule has 0 aromatic carbocycles. The summed E-state index contributed by atoms with van der Waals surface area (Å²) in [7, 11) is 0. The number of aldehydes is 1. The van der Waals surface area contributed by atoms with E-state index in [1.165, 1.54) is 83.2 Å². The zero-order valence-corrected chi connectivity index (χ0v) is 20.5. The van der Waals surface area contributed by atoms with Crippen LogP contribution in [0, 0.1) is 5.92 Å². The van der Waals surface area contributed by atoms with E-state index in [9.17, 15) is 4.79 Å². The summed E-state index contributed by atoms with van der Waals surface area (Å²) in [6.07, 6.45) is 15.3. The quantitative estimate of drug-likeness (QED) is 0.619. The second kappa shape index (κ2) is 11.1. The number of carbonyl (C=O) groups is 1. The molecule has 0 spiro atoms. The molecule has 6 nitrogen and oxygen atoms in total. The van der Waals surface area contributed by atoms with Crippen LogP contribution >= 0.6 is 0 Å². The molecule has 2 atom stereocenters. The van der Waals surface area contributed by atoms with Gasteiger partial charge in [-0.1, -0.05) is 13.3 Å². The summed E-state index contributed by atoms with van der Waals surface area (Å²) in [6.45, 7) is 12.6. The van der Waals surface area contributed by atoms with E-state index in [-0.39, 0.29) is 0 Å². The molecule has 6 heteroatoms. The largest absolute Gasteiger partial charge is 0.332 e. The summed E-state index contributed by atoms with van der Waals surface area (Å²) in [5, 5.41) is 0. The minimum Gasteiger partial charge on any atom is -0.332 e.